The number of aryl methyl sites for hydroxylation is 2. The van der Waals surface area contributed by atoms with Gasteiger partial charge in [0.1, 0.15) is 23.0 Å². The normalized spacial score (nSPS) is 12.3. The molecule has 0 bridgehead atoms. The van der Waals surface area contributed by atoms with Crippen molar-refractivity contribution < 1.29 is 9.90 Å². The first-order valence-corrected chi connectivity index (χ1v) is 9.63. The van der Waals surface area contributed by atoms with Crippen molar-refractivity contribution in [3.63, 3.8) is 0 Å². The average molecular weight is 369 g/mol. The van der Waals surface area contributed by atoms with Crippen LogP contribution in [0.25, 0.3) is 21.3 Å². The topological polar surface area (TPSA) is 75.1 Å². The molecule has 0 radical (unpaired) electrons. The molecule has 0 spiro atoms. The smallest absolute Gasteiger partial charge is 0.326 e. The number of fused-ring (bicyclic) bond motifs is 1. The average Bonchev–Trinajstić information content (AvgIpc) is 2.95. The second-order valence-electron chi connectivity index (χ2n) is 6.48. The van der Waals surface area contributed by atoms with E-state index in [9.17, 15) is 9.90 Å². The summed E-state index contributed by atoms with van der Waals surface area (Å²) in [6.07, 6.45) is 3.88. The summed E-state index contributed by atoms with van der Waals surface area (Å²) in [5.74, 6) is -0.257. The van der Waals surface area contributed by atoms with Crippen molar-refractivity contribution in [2.75, 3.05) is 5.32 Å². The van der Waals surface area contributed by atoms with Crippen LogP contribution in [0.3, 0.4) is 0 Å². The zero-order chi connectivity index (χ0) is 18.7. The lowest BCUT2D eigenvalue weighted by Gasteiger charge is -2.16. The van der Waals surface area contributed by atoms with E-state index in [0.717, 1.165) is 39.1 Å². The van der Waals surface area contributed by atoms with E-state index in [1.807, 2.05) is 0 Å². The minimum Gasteiger partial charge on any atom is -0.480 e. The number of aliphatic carboxylic acids is 1. The van der Waals surface area contributed by atoms with Crippen LogP contribution in [0.2, 0.25) is 0 Å². The zero-order valence-corrected chi connectivity index (χ0v) is 16.1. The molecule has 0 fully saturated rings. The molecule has 136 valence electrons. The van der Waals surface area contributed by atoms with Gasteiger partial charge in [-0.25, -0.2) is 14.8 Å². The molecule has 3 rings (SSSR count). The van der Waals surface area contributed by atoms with E-state index in [-0.39, 0.29) is 0 Å². The molecular weight excluding hydrogens is 346 g/mol. The monoisotopic (exact) mass is 369 g/mol. The standard InChI is InChI=1S/C20H23N3O2S/c1-4-5-6-15(20(24)25)23-18-17-16(14-9-7-12(2)8-10-14)13(3)26-19(17)22-11-21-18/h7-11,15H,4-6H2,1-3H3,(H,24,25)(H,21,22,23). The number of aromatic nitrogens is 2. The zero-order valence-electron chi connectivity index (χ0n) is 15.2. The van der Waals surface area contributed by atoms with E-state index >= 15 is 0 Å². The maximum atomic E-state index is 11.6. The molecule has 2 heterocycles. The molecular formula is C20H23N3O2S. The first-order valence-electron chi connectivity index (χ1n) is 8.81. The van der Waals surface area contributed by atoms with Crippen LogP contribution in [0, 0.1) is 13.8 Å². The third-order valence-corrected chi connectivity index (χ3v) is 5.47. The Morgan fingerprint density at radius 1 is 1.23 bits per heavy atom. The summed E-state index contributed by atoms with van der Waals surface area (Å²) >= 11 is 1.61. The molecule has 2 N–H and O–H groups in total. The van der Waals surface area contributed by atoms with Crippen molar-refractivity contribution in [1.82, 2.24) is 9.97 Å². The molecule has 26 heavy (non-hydrogen) atoms. The number of nitrogens with one attached hydrogen (secondary N) is 1. The number of benzene rings is 1. The number of hydrogen-bond acceptors (Lipinski definition) is 5. The van der Waals surface area contributed by atoms with E-state index in [4.69, 9.17) is 0 Å². The van der Waals surface area contributed by atoms with Crippen LogP contribution in [-0.2, 0) is 4.79 Å². The Labute approximate surface area is 157 Å². The number of nitrogens with zero attached hydrogens (tertiary/aromatic N) is 2. The quantitative estimate of drug-likeness (QED) is 0.611. The predicted octanol–water partition coefficient (Wildman–Crippen LogP) is 5.03. The van der Waals surface area contributed by atoms with Crippen LogP contribution in [0.4, 0.5) is 5.82 Å². The van der Waals surface area contributed by atoms with E-state index < -0.39 is 12.0 Å². The predicted molar refractivity (Wildman–Crippen MR) is 107 cm³/mol. The van der Waals surface area contributed by atoms with Crippen LogP contribution in [0.1, 0.15) is 36.6 Å². The van der Waals surface area contributed by atoms with Crippen molar-refractivity contribution in [3.05, 3.63) is 41.0 Å². The number of unbranched alkanes of at least 4 members (excludes halogenated alkanes) is 1. The van der Waals surface area contributed by atoms with Crippen LogP contribution in [0.5, 0.6) is 0 Å². The van der Waals surface area contributed by atoms with Crippen molar-refractivity contribution in [2.45, 2.75) is 46.1 Å². The summed E-state index contributed by atoms with van der Waals surface area (Å²) in [6, 6.07) is 7.69. The van der Waals surface area contributed by atoms with Gasteiger partial charge < -0.3 is 10.4 Å². The Kier molecular flexibility index (Phi) is 5.52. The number of anilines is 1. The van der Waals surface area contributed by atoms with Gasteiger partial charge in [-0.3, -0.25) is 0 Å². The lowest BCUT2D eigenvalue weighted by Crippen LogP contribution is -2.29. The lowest BCUT2D eigenvalue weighted by atomic mass is 10.0. The molecule has 5 nitrogen and oxygen atoms in total. The maximum Gasteiger partial charge on any atom is 0.326 e. The van der Waals surface area contributed by atoms with Crippen molar-refractivity contribution in [2.24, 2.45) is 0 Å². The molecule has 6 heteroatoms. The second-order valence-corrected chi connectivity index (χ2v) is 7.68. The van der Waals surface area contributed by atoms with Gasteiger partial charge in [-0.2, -0.15) is 0 Å². The first kappa shape index (κ1) is 18.3. The summed E-state index contributed by atoms with van der Waals surface area (Å²) < 4.78 is 0. The minimum absolute atomic E-state index is 0.570. The van der Waals surface area contributed by atoms with Gasteiger partial charge in [0.05, 0.1) is 5.39 Å². The van der Waals surface area contributed by atoms with Gasteiger partial charge in [0.2, 0.25) is 0 Å². The molecule has 0 saturated carbocycles. The van der Waals surface area contributed by atoms with Gasteiger partial charge in [0, 0.05) is 10.4 Å². The molecule has 1 aromatic carbocycles. The fourth-order valence-corrected chi connectivity index (χ4v) is 4.06. The number of thiophene rings is 1. The Hall–Kier alpha value is -2.47. The Morgan fingerprint density at radius 3 is 2.62 bits per heavy atom. The van der Waals surface area contributed by atoms with Gasteiger partial charge in [0.25, 0.3) is 0 Å². The highest BCUT2D eigenvalue weighted by Crippen LogP contribution is 2.40. The largest absolute Gasteiger partial charge is 0.480 e. The highest BCUT2D eigenvalue weighted by atomic mass is 32.1. The van der Waals surface area contributed by atoms with Crippen LogP contribution in [0.15, 0.2) is 30.6 Å². The number of carboxylic acid groups (broad SMARTS) is 1. The molecule has 0 aliphatic heterocycles. The molecule has 3 aromatic rings. The third-order valence-electron chi connectivity index (χ3n) is 4.46. The number of rotatable bonds is 7. The summed E-state index contributed by atoms with van der Waals surface area (Å²) in [6.45, 7) is 6.18. The van der Waals surface area contributed by atoms with E-state index in [1.54, 1.807) is 11.3 Å². The highest BCUT2D eigenvalue weighted by molar-refractivity contribution is 7.19. The van der Waals surface area contributed by atoms with Crippen LogP contribution < -0.4 is 5.32 Å². The van der Waals surface area contributed by atoms with Crippen LogP contribution in [-0.4, -0.2) is 27.1 Å². The fraction of sp³-hybridized carbons (Fsp3) is 0.350. The number of carboxylic acids is 1. The Morgan fingerprint density at radius 2 is 1.96 bits per heavy atom. The van der Waals surface area contributed by atoms with Crippen LogP contribution >= 0.6 is 11.3 Å². The van der Waals surface area contributed by atoms with E-state index in [0.29, 0.717) is 12.2 Å². The Bertz CT molecular complexity index is 919. The van der Waals surface area contributed by atoms with Gasteiger partial charge >= 0.3 is 5.97 Å². The fourth-order valence-electron chi connectivity index (χ4n) is 3.05. The maximum absolute atomic E-state index is 11.6. The molecule has 0 amide bonds. The van der Waals surface area contributed by atoms with Gasteiger partial charge in [-0.15, -0.1) is 11.3 Å². The molecule has 0 aliphatic carbocycles. The van der Waals surface area contributed by atoms with Gasteiger partial charge in [-0.05, 0) is 25.8 Å². The summed E-state index contributed by atoms with van der Waals surface area (Å²) in [5, 5.41) is 13.6. The molecule has 1 unspecified atom stereocenters. The van der Waals surface area contributed by atoms with Crippen molar-refractivity contribution in [3.8, 4) is 11.1 Å². The Balaban J connectivity index is 2.08. The number of hydrogen-bond donors (Lipinski definition) is 2. The van der Waals surface area contributed by atoms with Crippen molar-refractivity contribution >= 4 is 33.3 Å². The minimum atomic E-state index is -0.853. The van der Waals surface area contributed by atoms with Crippen molar-refractivity contribution in [1.29, 1.82) is 0 Å². The van der Waals surface area contributed by atoms with Gasteiger partial charge in [0.15, 0.2) is 0 Å². The van der Waals surface area contributed by atoms with Gasteiger partial charge in [-0.1, -0.05) is 49.6 Å². The molecule has 0 saturated heterocycles. The first-order chi connectivity index (χ1) is 12.5. The molecule has 0 aliphatic rings. The van der Waals surface area contributed by atoms with E-state index in [2.05, 4.69) is 60.3 Å². The second kappa shape index (κ2) is 7.83. The number of carbonyl (C=O) groups is 1. The summed E-state index contributed by atoms with van der Waals surface area (Å²) in [5.41, 5.74) is 3.37. The SMILES string of the molecule is CCCCC(Nc1ncnc2sc(C)c(-c3ccc(C)cc3)c12)C(=O)O. The summed E-state index contributed by atoms with van der Waals surface area (Å²) in [4.78, 5) is 22.4. The highest BCUT2D eigenvalue weighted by Gasteiger charge is 2.22. The summed E-state index contributed by atoms with van der Waals surface area (Å²) in [7, 11) is 0. The molecule has 2 aromatic heterocycles. The lowest BCUT2D eigenvalue weighted by molar-refractivity contribution is -0.138. The molecule has 1 atom stereocenters. The van der Waals surface area contributed by atoms with E-state index in [1.165, 1.54) is 11.9 Å². The third kappa shape index (κ3) is 3.70.